The van der Waals surface area contributed by atoms with Gasteiger partial charge >= 0.3 is 5.97 Å². The summed E-state index contributed by atoms with van der Waals surface area (Å²) in [4.78, 5) is 11.4. The van der Waals surface area contributed by atoms with Gasteiger partial charge in [-0.2, -0.15) is 0 Å². The molecular formula is C13H19ClN2O4S. The van der Waals surface area contributed by atoms with E-state index in [1.54, 1.807) is 24.3 Å². The Kier molecular flexibility index (Phi) is 6.15. The molecule has 0 radical (unpaired) electrons. The van der Waals surface area contributed by atoms with E-state index in [-0.39, 0.29) is 24.2 Å². The van der Waals surface area contributed by atoms with Gasteiger partial charge in [-0.1, -0.05) is 12.1 Å². The number of carbonyl (C=O) groups is 1. The molecule has 2 rings (SSSR count). The van der Waals surface area contributed by atoms with Crippen LogP contribution in [0.15, 0.2) is 24.3 Å². The molecule has 1 aliphatic rings. The number of nitrogens with zero attached hydrogens (tertiary/aromatic N) is 1. The SMILES string of the molecule is COC(=O)c1cccc(CS(=O)(=O)N2CCC(N)C2)c1.Cl. The van der Waals surface area contributed by atoms with Crippen LogP contribution in [0, 0.1) is 0 Å². The van der Waals surface area contributed by atoms with Crippen molar-refractivity contribution >= 4 is 28.4 Å². The second-order valence-electron chi connectivity index (χ2n) is 4.85. The molecule has 1 aliphatic heterocycles. The van der Waals surface area contributed by atoms with Crippen LogP contribution in [0.4, 0.5) is 0 Å². The maximum atomic E-state index is 12.3. The van der Waals surface area contributed by atoms with E-state index in [1.165, 1.54) is 11.4 Å². The average Bonchev–Trinajstić information content (AvgIpc) is 2.85. The summed E-state index contributed by atoms with van der Waals surface area (Å²) < 4.78 is 30.5. The Morgan fingerprint density at radius 3 is 2.76 bits per heavy atom. The summed E-state index contributed by atoms with van der Waals surface area (Å²) in [6, 6.07) is 6.37. The molecule has 1 heterocycles. The summed E-state index contributed by atoms with van der Waals surface area (Å²) >= 11 is 0. The van der Waals surface area contributed by atoms with Gasteiger partial charge in [0, 0.05) is 19.1 Å². The Hall–Kier alpha value is -1.15. The van der Waals surface area contributed by atoms with E-state index in [0.717, 1.165) is 0 Å². The number of methoxy groups -OCH3 is 1. The van der Waals surface area contributed by atoms with Gasteiger partial charge in [-0.25, -0.2) is 17.5 Å². The number of carbonyl (C=O) groups excluding carboxylic acids is 1. The van der Waals surface area contributed by atoms with Crippen molar-refractivity contribution < 1.29 is 17.9 Å². The molecule has 0 amide bonds. The van der Waals surface area contributed by atoms with Crippen molar-refractivity contribution in [3.8, 4) is 0 Å². The predicted octanol–water partition coefficient (Wildman–Crippen LogP) is 0.758. The Labute approximate surface area is 130 Å². The zero-order chi connectivity index (χ0) is 14.8. The van der Waals surface area contributed by atoms with E-state index in [4.69, 9.17) is 5.73 Å². The van der Waals surface area contributed by atoms with Gasteiger partial charge in [-0.3, -0.25) is 0 Å². The van der Waals surface area contributed by atoms with Gasteiger partial charge in [0.2, 0.25) is 10.0 Å². The zero-order valence-corrected chi connectivity index (χ0v) is 13.3. The van der Waals surface area contributed by atoms with Gasteiger partial charge in [0.05, 0.1) is 18.4 Å². The first-order valence-corrected chi connectivity index (χ1v) is 7.94. The van der Waals surface area contributed by atoms with Crippen LogP contribution in [0.25, 0.3) is 0 Å². The molecule has 21 heavy (non-hydrogen) atoms. The predicted molar refractivity (Wildman–Crippen MR) is 81.8 cm³/mol. The van der Waals surface area contributed by atoms with Gasteiger partial charge < -0.3 is 10.5 Å². The second-order valence-corrected chi connectivity index (χ2v) is 6.82. The minimum Gasteiger partial charge on any atom is -0.465 e. The largest absolute Gasteiger partial charge is 0.465 e. The lowest BCUT2D eigenvalue weighted by molar-refractivity contribution is 0.0600. The molecule has 1 atom stereocenters. The lowest BCUT2D eigenvalue weighted by Gasteiger charge is -2.16. The number of sulfonamides is 1. The summed E-state index contributed by atoms with van der Waals surface area (Å²) in [5.41, 5.74) is 6.64. The Morgan fingerprint density at radius 1 is 1.48 bits per heavy atom. The number of esters is 1. The Bertz CT molecular complexity index is 606. The first kappa shape index (κ1) is 17.9. The van der Waals surface area contributed by atoms with Crippen LogP contribution in [0.2, 0.25) is 0 Å². The van der Waals surface area contributed by atoms with E-state index < -0.39 is 16.0 Å². The normalized spacial score (nSPS) is 19.0. The molecular weight excluding hydrogens is 316 g/mol. The first-order chi connectivity index (χ1) is 9.42. The molecule has 0 spiro atoms. The van der Waals surface area contributed by atoms with Gasteiger partial charge in [-0.15, -0.1) is 12.4 Å². The highest BCUT2D eigenvalue weighted by Gasteiger charge is 2.29. The molecule has 1 fully saturated rings. The Balaban J connectivity index is 0.00000220. The monoisotopic (exact) mass is 334 g/mol. The number of halogens is 1. The molecule has 0 aromatic heterocycles. The third-order valence-corrected chi connectivity index (χ3v) is 5.09. The van der Waals surface area contributed by atoms with Crippen molar-refractivity contribution in [2.75, 3.05) is 20.2 Å². The van der Waals surface area contributed by atoms with Crippen LogP contribution in [-0.2, 0) is 20.5 Å². The van der Waals surface area contributed by atoms with Crippen molar-refractivity contribution in [2.24, 2.45) is 5.73 Å². The minimum atomic E-state index is -3.39. The lowest BCUT2D eigenvalue weighted by atomic mass is 10.1. The van der Waals surface area contributed by atoms with Crippen molar-refractivity contribution in [3.05, 3.63) is 35.4 Å². The molecule has 8 heteroatoms. The number of nitrogens with two attached hydrogens (primary N) is 1. The molecule has 1 saturated heterocycles. The smallest absolute Gasteiger partial charge is 0.337 e. The molecule has 1 aromatic carbocycles. The van der Waals surface area contributed by atoms with Crippen LogP contribution in [-0.4, -0.2) is 44.9 Å². The number of hydrogen-bond donors (Lipinski definition) is 1. The topological polar surface area (TPSA) is 89.7 Å². The average molecular weight is 335 g/mol. The highest BCUT2D eigenvalue weighted by Crippen LogP contribution is 2.17. The van der Waals surface area contributed by atoms with Gasteiger partial charge in [-0.05, 0) is 24.1 Å². The molecule has 6 nitrogen and oxygen atoms in total. The first-order valence-electron chi connectivity index (χ1n) is 6.33. The molecule has 0 saturated carbocycles. The molecule has 1 unspecified atom stereocenters. The van der Waals surface area contributed by atoms with Crippen molar-refractivity contribution in [1.29, 1.82) is 0 Å². The van der Waals surface area contributed by atoms with E-state index in [2.05, 4.69) is 4.74 Å². The van der Waals surface area contributed by atoms with E-state index >= 15 is 0 Å². The number of benzene rings is 1. The van der Waals surface area contributed by atoms with Gasteiger partial charge in [0.1, 0.15) is 0 Å². The molecule has 2 N–H and O–H groups in total. The second kappa shape index (κ2) is 7.22. The van der Waals surface area contributed by atoms with Crippen molar-refractivity contribution in [1.82, 2.24) is 4.31 Å². The van der Waals surface area contributed by atoms with Crippen LogP contribution < -0.4 is 5.73 Å². The van der Waals surface area contributed by atoms with E-state index in [1.807, 2.05) is 0 Å². The van der Waals surface area contributed by atoms with E-state index in [9.17, 15) is 13.2 Å². The maximum Gasteiger partial charge on any atom is 0.337 e. The maximum absolute atomic E-state index is 12.3. The molecule has 1 aromatic rings. The highest BCUT2D eigenvalue weighted by molar-refractivity contribution is 7.88. The standard InChI is InChI=1S/C13H18N2O4S.ClH/c1-19-13(16)11-4-2-3-10(7-11)9-20(17,18)15-6-5-12(14)8-15;/h2-4,7,12H,5-6,8-9,14H2,1H3;1H. The van der Waals surface area contributed by atoms with Crippen LogP contribution in [0.5, 0.6) is 0 Å². The zero-order valence-electron chi connectivity index (χ0n) is 11.7. The highest BCUT2D eigenvalue weighted by atomic mass is 35.5. The van der Waals surface area contributed by atoms with Crippen LogP contribution >= 0.6 is 12.4 Å². The van der Waals surface area contributed by atoms with Crippen LogP contribution in [0.3, 0.4) is 0 Å². The number of rotatable bonds is 4. The fourth-order valence-corrected chi connectivity index (χ4v) is 3.80. The summed E-state index contributed by atoms with van der Waals surface area (Å²) in [6.45, 7) is 0.819. The quantitative estimate of drug-likeness (QED) is 0.821. The fourth-order valence-electron chi connectivity index (χ4n) is 2.21. The summed E-state index contributed by atoms with van der Waals surface area (Å²) in [5.74, 6) is -0.614. The summed E-state index contributed by atoms with van der Waals surface area (Å²) in [5, 5.41) is 0. The molecule has 0 aliphatic carbocycles. The Morgan fingerprint density at radius 2 is 2.19 bits per heavy atom. The number of ether oxygens (including phenoxy) is 1. The van der Waals surface area contributed by atoms with E-state index in [0.29, 0.717) is 30.6 Å². The van der Waals surface area contributed by atoms with Gasteiger partial charge in [0.15, 0.2) is 0 Å². The minimum absolute atomic E-state index is 0. The number of hydrogen-bond acceptors (Lipinski definition) is 5. The van der Waals surface area contributed by atoms with Crippen molar-refractivity contribution in [2.45, 2.75) is 18.2 Å². The summed E-state index contributed by atoms with van der Waals surface area (Å²) in [7, 11) is -2.10. The third-order valence-electron chi connectivity index (χ3n) is 3.28. The van der Waals surface area contributed by atoms with Gasteiger partial charge in [0.25, 0.3) is 0 Å². The molecule has 118 valence electrons. The molecule has 0 bridgehead atoms. The fraction of sp³-hybridized carbons (Fsp3) is 0.462. The lowest BCUT2D eigenvalue weighted by Crippen LogP contribution is -2.32. The summed E-state index contributed by atoms with van der Waals surface area (Å²) in [6.07, 6.45) is 0.682. The van der Waals surface area contributed by atoms with Crippen molar-refractivity contribution in [3.63, 3.8) is 0 Å². The third kappa shape index (κ3) is 4.41. The van der Waals surface area contributed by atoms with Crippen LogP contribution in [0.1, 0.15) is 22.3 Å².